The zero-order valence-corrected chi connectivity index (χ0v) is 11.3. The standard InChI is InChI=1S/C14H18FN3O/c1-4-19-13-6-9-5-10(8(2)3)14(18-16)17-12(9)7-11(13)15/h5-8H,4,16H2,1-3H3,(H,17,18). The number of halogens is 1. The predicted molar refractivity (Wildman–Crippen MR) is 74.8 cm³/mol. The SMILES string of the molecule is CCOc1cc2cc(C(C)C)c(NN)nc2cc1F. The first-order chi connectivity index (χ1) is 9.06. The van der Waals surface area contributed by atoms with Crippen molar-refractivity contribution in [3.8, 4) is 5.75 Å². The number of benzene rings is 1. The van der Waals surface area contributed by atoms with Crippen molar-refractivity contribution in [2.24, 2.45) is 5.84 Å². The van der Waals surface area contributed by atoms with Gasteiger partial charge in [-0.15, -0.1) is 0 Å². The van der Waals surface area contributed by atoms with Crippen LogP contribution < -0.4 is 16.0 Å². The third kappa shape index (κ3) is 2.61. The fraction of sp³-hybridized carbons (Fsp3) is 0.357. The van der Waals surface area contributed by atoms with Gasteiger partial charge in [-0.3, -0.25) is 0 Å². The molecule has 19 heavy (non-hydrogen) atoms. The molecule has 2 aromatic rings. The van der Waals surface area contributed by atoms with E-state index in [4.69, 9.17) is 10.6 Å². The van der Waals surface area contributed by atoms with Gasteiger partial charge in [-0.25, -0.2) is 15.2 Å². The summed E-state index contributed by atoms with van der Waals surface area (Å²) in [6.45, 7) is 6.35. The summed E-state index contributed by atoms with van der Waals surface area (Å²) in [5.74, 6) is 6.14. The average Bonchev–Trinajstić information content (AvgIpc) is 2.38. The summed E-state index contributed by atoms with van der Waals surface area (Å²) in [4.78, 5) is 4.35. The van der Waals surface area contributed by atoms with Gasteiger partial charge >= 0.3 is 0 Å². The Morgan fingerprint density at radius 3 is 2.68 bits per heavy atom. The number of hydrogen-bond acceptors (Lipinski definition) is 4. The molecular formula is C14H18FN3O. The van der Waals surface area contributed by atoms with E-state index < -0.39 is 5.82 Å². The molecule has 0 aliphatic carbocycles. The van der Waals surface area contributed by atoms with Crippen LogP contribution in [-0.2, 0) is 0 Å². The number of nitrogens with zero attached hydrogens (tertiary/aromatic N) is 1. The number of anilines is 1. The van der Waals surface area contributed by atoms with E-state index in [0.717, 1.165) is 10.9 Å². The van der Waals surface area contributed by atoms with E-state index >= 15 is 0 Å². The normalized spacial score (nSPS) is 11.1. The second-order valence-electron chi connectivity index (χ2n) is 4.63. The summed E-state index contributed by atoms with van der Waals surface area (Å²) in [6.07, 6.45) is 0. The molecule has 3 N–H and O–H groups in total. The summed E-state index contributed by atoms with van der Waals surface area (Å²) in [5.41, 5.74) is 4.11. The van der Waals surface area contributed by atoms with Crippen molar-refractivity contribution in [1.29, 1.82) is 0 Å². The van der Waals surface area contributed by atoms with E-state index in [-0.39, 0.29) is 11.7 Å². The molecule has 102 valence electrons. The summed E-state index contributed by atoms with van der Waals surface area (Å²) in [7, 11) is 0. The van der Waals surface area contributed by atoms with Crippen LogP contribution in [0, 0.1) is 5.82 Å². The van der Waals surface area contributed by atoms with Gasteiger partial charge in [0.2, 0.25) is 0 Å². The van der Waals surface area contributed by atoms with E-state index in [1.54, 1.807) is 6.07 Å². The number of pyridine rings is 1. The monoisotopic (exact) mass is 263 g/mol. The fourth-order valence-electron chi connectivity index (χ4n) is 2.01. The number of rotatable bonds is 4. The Morgan fingerprint density at radius 1 is 1.37 bits per heavy atom. The number of fused-ring (bicyclic) bond motifs is 1. The van der Waals surface area contributed by atoms with Crippen molar-refractivity contribution in [2.75, 3.05) is 12.0 Å². The van der Waals surface area contributed by atoms with Crippen LogP contribution in [0.2, 0.25) is 0 Å². The maximum atomic E-state index is 13.8. The molecule has 1 aromatic heterocycles. The van der Waals surface area contributed by atoms with Gasteiger partial charge in [0, 0.05) is 11.5 Å². The maximum Gasteiger partial charge on any atom is 0.167 e. The van der Waals surface area contributed by atoms with E-state index in [2.05, 4.69) is 24.3 Å². The first kappa shape index (κ1) is 13.5. The van der Waals surface area contributed by atoms with Gasteiger partial charge in [0.1, 0.15) is 5.82 Å². The molecule has 2 rings (SSSR count). The van der Waals surface area contributed by atoms with Gasteiger partial charge in [-0.1, -0.05) is 13.8 Å². The van der Waals surface area contributed by atoms with Crippen LogP contribution in [0.15, 0.2) is 18.2 Å². The van der Waals surface area contributed by atoms with E-state index in [1.165, 1.54) is 6.07 Å². The third-order valence-corrected chi connectivity index (χ3v) is 2.96. The van der Waals surface area contributed by atoms with Crippen molar-refractivity contribution in [3.05, 3.63) is 29.6 Å². The quantitative estimate of drug-likeness (QED) is 0.657. The Morgan fingerprint density at radius 2 is 2.11 bits per heavy atom. The number of ether oxygens (including phenoxy) is 1. The molecule has 0 aliphatic rings. The zero-order valence-electron chi connectivity index (χ0n) is 11.3. The highest BCUT2D eigenvalue weighted by Gasteiger charge is 2.12. The number of hydrogen-bond donors (Lipinski definition) is 2. The lowest BCUT2D eigenvalue weighted by Crippen LogP contribution is -2.12. The highest BCUT2D eigenvalue weighted by Crippen LogP contribution is 2.30. The lowest BCUT2D eigenvalue weighted by atomic mass is 10.0. The smallest absolute Gasteiger partial charge is 0.167 e. The minimum Gasteiger partial charge on any atom is -0.491 e. The van der Waals surface area contributed by atoms with Crippen LogP contribution in [0.3, 0.4) is 0 Å². The van der Waals surface area contributed by atoms with Gasteiger partial charge in [-0.2, -0.15) is 0 Å². The Balaban J connectivity index is 2.64. The lowest BCUT2D eigenvalue weighted by molar-refractivity contribution is 0.322. The zero-order chi connectivity index (χ0) is 14.0. The van der Waals surface area contributed by atoms with Gasteiger partial charge in [-0.05, 0) is 30.5 Å². The van der Waals surface area contributed by atoms with Crippen LogP contribution in [0.1, 0.15) is 32.3 Å². The van der Waals surface area contributed by atoms with Gasteiger partial charge in [0.05, 0.1) is 12.1 Å². The van der Waals surface area contributed by atoms with E-state index in [0.29, 0.717) is 17.9 Å². The molecule has 1 heterocycles. The number of hydrazine groups is 1. The largest absolute Gasteiger partial charge is 0.491 e. The molecule has 0 unspecified atom stereocenters. The number of nitrogens with two attached hydrogens (primary N) is 1. The van der Waals surface area contributed by atoms with Crippen LogP contribution in [0.5, 0.6) is 5.75 Å². The minimum absolute atomic E-state index is 0.250. The summed E-state index contributed by atoms with van der Waals surface area (Å²) in [6, 6.07) is 5.00. The molecular weight excluding hydrogens is 245 g/mol. The average molecular weight is 263 g/mol. The molecule has 0 fully saturated rings. The molecule has 5 heteroatoms. The maximum absolute atomic E-state index is 13.8. The van der Waals surface area contributed by atoms with Gasteiger partial charge < -0.3 is 10.2 Å². The van der Waals surface area contributed by atoms with Crippen LogP contribution in [0.4, 0.5) is 10.2 Å². The second-order valence-corrected chi connectivity index (χ2v) is 4.63. The molecule has 0 aliphatic heterocycles. The Kier molecular flexibility index (Phi) is 3.85. The van der Waals surface area contributed by atoms with Crippen molar-refractivity contribution in [1.82, 2.24) is 4.98 Å². The number of nitrogen functional groups attached to an aromatic ring is 1. The van der Waals surface area contributed by atoms with Crippen molar-refractivity contribution in [3.63, 3.8) is 0 Å². The van der Waals surface area contributed by atoms with Crippen molar-refractivity contribution in [2.45, 2.75) is 26.7 Å². The first-order valence-electron chi connectivity index (χ1n) is 6.30. The minimum atomic E-state index is -0.415. The highest BCUT2D eigenvalue weighted by molar-refractivity contribution is 5.83. The van der Waals surface area contributed by atoms with Crippen molar-refractivity contribution >= 4 is 16.7 Å². The van der Waals surface area contributed by atoms with Crippen LogP contribution in [0.25, 0.3) is 10.9 Å². The van der Waals surface area contributed by atoms with Crippen LogP contribution >= 0.6 is 0 Å². The van der Waals surface area contributed by atoms with Gasteiger partial charge in [0.15, 0.2) is 11.6 Å². The highest BCUT2D eigenvalue weighted by atomic mass is 19.1. The van der Waals surface area contributed by atoms with Crippen molar-refractivity contribution < 1.29 is 9.13 Å². The first-order valence-corrected chi connectivity index (χ1v) is 6.30. The molecule has 4 nitrogen and oxygen atoms in total. The number of nitrogens with one attached hydrogen (secondary N) is 1. The predicted octanol–water partition coefficient (Wildman–Crippen LogP) is 3.18. The Labute approximate surface area is 111 Å². The number of aromatic nitrogens is 1. The molecule has 0 saturated heterocycles. The molecule has 0 spiro atoms. The topological polar surface area (TPSA) is 60.2 Å². The third-order valence-electron chi connectivity index (χ3n) is 2.96. The summed E-state index contributed by atoms with van der Waals surface area (Å²) < 4.78 is 19.0. The van der Waals surface area contributed by atoms with Gasteiger partial charge in [0.25, 0.3) is 0 Å². The molecule has 0 saturated carbocycles. The Bertz CT molecular complexity index is 599. The summed E-state index contributed by atoms with van der Waals surface area (Å²) in [5, 5.41) is 0.840. The summed E-state index contributed by atoms with van der Waals surface area (Å²) >= 11 is 0. The molecule has 1 aromatic carbocycles. The molecule has 0 radical (unpaired) electrons. The Hall–Kier alpha value is -1.88. The van der Waals surface area contributed by atoms with E-state index in [1.807, 2.05) is 13.0 Å². The lowest BCUT2D eigenvalue weighted by Gasteiger charge is -2.13. The molecule has 0 bridgehead atoms. The fourth-order valence-corrected chi connectivity index (χ4v) is 2.01. The van der Waals surface area contributed by atoms with Crippen LogP contribution in [-0.4, -0.2) is 11.6 Å². The van der Waals surface area contributed by atoms with E-state index in [9.17, 15) is 4.39 Å². The molecule has 0 amide bonds. The second kappa shape index (κ2) is 5.40. The molecule has 0 atom stereocenters.